The summed E-state index contributed by atoms with van der Waals surface area (Å²) in [5, 5.41) is 7.37. The summed E-state index contributed by atoms with van der Waals surface area (Å²) >= 11 is 0. The average Bonchev–Trinajstić information content (AvgIpc) is 2.83. The highest BCUT2D eigenvalue weighted by molar-refractivity contribution is 4.82. The van der Waals surface area contributed by atoms with Gasteiger partial charge in [-0.2, -0.15) is 4.98 Å². The minimum atomic E-state index is 0.579. The largest absolute Gasteiger partial charge is 0.343 e. The van der Waals surface area contributed by atoms with E-state index in [4.69, 9.17) is 4.52 Å². The van der Waals surface area contributed by atoms with Gasteiger partial charge in [-0.25, -0.2) is 0 Å². The molecule has 1 aromatic rings. The topological polar surface area (TPSA) is 54.2 Å². The van der Waals surface area contributed by atoms with Crippen molar-refractivity contribution in [3.05, 3.63) is 12.2 Å². The van der Waals surface area contributed by atoms with Crippen molar-refractivity contribution < 1.29 is 4.52 Å². The second kappa shape index (κ2) is 6.12. The first-order valence-corrected chi connectivity index (χ1v) is 6.43. The molecule has 1 aromatic heterocycles. The lowest BCUT2D eigenvalue weighted by Gasteiger charge is -2.33. The van der Waals surface area contributed by atoms with Crippen LogP contribution in [0.4, 0.5) is 0 Å². The molecule has 0 saturated carbocycles. The van der Waals surface area contributed by atoms with Crippen LogP contribution in [-0.2, 0) is 6.42 Å². The van der Waals surface area contributed by atoms with Crippen LogP contribution in [0.3, 0.4) is 0 Å². The zero-order chi connectivity index (χ0) is 12.1. The zero-order valence-electron chi connectivity index (χ0n) is 10.7. The highest BCUT2D eigenvalue weighted by Crippen LogP contribution is 2.19. The number of hydrogen-bond donors (Lipinski definition) is 1. The van der Waals surface area contributed by atoms with Gasteiger partial charge in [0, 0.05) is 19.0 Å². The van der Waals surface area contributed by atoms with Crippen LogP contribution in [-0.4, -0.2) is 47.8 Å². The second-order valence-corrected chi connectivity index (χ2v) is 4.98. The molecule has 2 heterocycles. The summed E-state index contributed by atoms with van der Waals surface area (Å²) in [6, 6.07) is 0.579. The third kappa shape index (κ3) is 3.78. The predicted octanol–water partition coefficient (Wildman–Crippen LogP) is 0.932. The first-order valence-electron chi connectivity index (χ1n) is 6.43. The molecule has 0 aromatic carbocycles. The molecule has 0 bridgehead atoms. The Labute approximate surface area is 103 Å². The normalized spacial score (nSPS) is 20.6. The fourth-order valence-electron chi connectivity index (χ4n) is 2.41. The summed E-state index contributed by atoms with van der Waals surface area (Å²) in [7, 11) is 2.20. The van der Waals surface area contributed by atoms with Gasteiger partial charge in [-0.3, -0.25) is 0 Å². The lowest BCUT2D eigenvalue weighted by molar-refractivity contribution is 0.190. The maximum absolute atomic E-state index is 4.71. The van der Waals surface area contributed by atoms with Crippen molar-refractivity contribution in [2.24, 2.45) is 5.92 Å². The maximum Gasteiger partial charge on any atom is 0.213 e. The van der Waals surface area contributed by atoms with E-state index < -0.39 is 0 Å². The molecule has 17 heavy (non-hydrogen) atoms. The Morgan fingerprint density at radius 1 is 1.53 bits per heavy atom. The van der Waals surface area contributed by atoms with Crippen molar-refractivity contribution in [3.8, 4) is 0 Å². The molecule has 0 amide bonds. The Kier molecular flexibility index (Phi) is 4.50. The van der Waals surface area contributed by atoms with Crippen LogP contribution in [0.5, 0.6) is 0 Å². The lowest BCUT2D eigenvalue weighted by Crippen LogP contribution is -2.41. The van der Waals surface area contributed by atoms with Crippen LogP contribution in [0.2, 0.25) is 0 Å². The molecule has 5 nitrogen and oxygen atoms in total. The quantitative estimate of drug-likeness (QED) is 0.827. The first kappa shape index (κ1) is 12.5. The highest BCUT2D eigenvalue weighted by atomic mass is 16.5. The Morgan fingerprint density at radius 3 is 2.94 bits per heavy atom. The van der Waals surface area contributed by atoms with Crippen LogP contribution in [0.15, 0.2) is 10.9 Å². The second-order valence-electron chi connectivity index (χ2n) is 4.98. The van der Waals surface area contributed by atoms with E-state index in [0.717, 1.165) is 24.7 Å². The predicted molar refractivity (Wildman–Crippen MR) is 65.7 cm³/mol. The van der Waals surface area contributed by atoms with Gasteiger partial charge in [0.15, 0.2) is 5.82 Å². The van der Waals surface area contributed by atoms with E-state index in [1.807, 2.05) is 0 Å². The number of nitrogens with one attached hydrogen (secondary N) is 1. The van der Waals surface area contributed by atoms with Gasteiger partial charge in [0.2, 0.25) is 6.39 Å². The van der Waals surface area contributed by atoms with E-state index >= 15 is 0 Å². The number of nitrogens with zero attached hydrogens (tertiary/aromatic N) is 3. The van der Waals surface area contributed by atoms with Gasteiger partial charge in [-0.1, -0.05) is 5.16 Å². The SMILES string of the molecule is CC(NCCc1ncon1)C1CCN(C)CC1. The molecule has 1 atom stereocenters. The Bertz CT molecular complexity index is 306. The number of hydrogen-bond acceptors (Lipinski definition) is 5. The molecule has 0 aliphatic carbocycles. The van der Waals surface area contributed by atoms with Crippen molar-refractivity contribution in [1.29, 1.82) is 0 Å². The molecule has 2 rings (SSSR count). The maximum atomic E-state index is 4.71. The number of rotatable bonds is 5. The number of likely N-dealkylation sites (tertiary alicyclic amines) is 1. The van der Waals surface area contributed by atoms with Gasteiger partial charge in [0.05, 0.1) is 0 Å². The average molecular weight is 238 g/mol. The Balaban J connectivity index is 1.65. The van der Waals surface area contributed by atoms with Crippen molar-refractivity contribution >= 4 is 0 Å². The monoisotopic (exact) mass is 238 g/mol. The van der Waals surface area contributed by atoms with Gasteiger partial charge < -0.3 is 14.7 Å². The van der Waals surface area contributed by atoms with E-state index in [0.29, 0.717) is 6.04 Å². The smallest absolute Gasteiger partial charge is 0.213 e. The van der Waals surface area contributed by atoms with Crippen LogP contribution in [0.1, 0.15) is 25.6 Å². The lowest BCUT2D eigenvalue weighted by atomic mass is 9.90. The van der Waals surface area contributed by atoms with Gasteiger partial charge in [0.25, 0.3) is 0 Å². The van der Waals surface area contributed by atoms with Crippen molar-refractivity contribution in [2.45, 2.75) is 32.2 Å². The van der Waals surface area contributed by atoms with Gasteiger partial charge in [0.1, 0.15) is 0 Å². The Morgan fingerprint density at radius 2 is 2.29 bits per heavy atom. The van der Waals surface area contributed by atoms with Gasteiger partial charge in [-0.15, -0.1) is 0 Å². The number of aromatic nitrogens is 2. The first-order chi connectivity index (χ1) is 8.25. The van der Waals surface area contributed by atoms with E-state index in [1.54, 1.807) is 0 Å². The minimum absolute atomic E-state index is 0.579. The van der Waals surface area contributed by atoms with Crippen LogP contribution >= 0.6 is 0 Å². The molecule has 1 unspecified atom stereocenters. The van der Waals surface area contributed by atoms with Gasteiger partial charge >= 0.3 is 0 Å². The third-order valence-electron chi connectivity index (χ3n) is 3.69. The van der Waals surface area contributed by atoms with Crippen molar-refractivity contribution in [3.63, 3.8) is 0 Å². The summed E-state index contributed by atoms with van der Waals surface area (Å²) in [4.78, 5) is 6.42. The standard InChI is InChI=1S/C12H22N4O/c1-10(11-4-7-16(2)8-5-11)13-6-3-12-14-9-17-15-12/h9-11,13H,3-8H2,1-2H3. The molecular weight excluding hydrogens is 216 g/mol. The molecule has 0 spiro atoms. The summed E-state index contributed by atoms with van der Waals surface area (Å²) in [5.74, 6) is 1.59. The van der Waals surface area contributed by atoms with E-state index in [-0.39, 0.29) is 0 Å². The minimum Gasteiger partial charge on any atom is -0.343 e. The molecule has 1 fully saturated rings. The van der Waals surface area contributed by atoms with Gasteiger partial charge in [-0.05, 0) is 45.8 Å². The van der Waals surface area contributed by atoms with Crippen LogP contribution in [0.25, 0.3) is 0 Å². The summed E-state index contributed by atoms with van der Waals surface area (Å²) < 4.78 is 4.71. The Hall–Kier alpha value is -0.940. The molecular formula is C12H22N4O. The van der Waals surface area contributed by atoms with Crippen molar-refractivity contribution in [1.82, 2.24) is 20.4 Å². The molecule has 1 aliphatic rings. The third-order valence-corrected chi connectivity index (χ3v) is 3.69. The highest BCUT2D eigenvalue weighted by Gasteiger charge is 2.21. The van der Waals surface area contributed by atoms with Crippen molar-refractivity contribution in [2.75, 3.05) is 26.7 Å². The van der Waals surface area contributed by atoms with E-state index in [9.17, 15) is 0 Å². The molecule has 5 heteroatoms. The molecule has 96 valence electrons. The summed E-state index contributed by atoms with van der Waals surface area (Å²) in [6.45, 7) is 5.66. The molecule has 1 N–H and O–H groups in total. The van der Waals surface area contributed by atoms with E-state index in [2.05, 4.69) is 34.3 Å². The fraction of sp³-hybridized carbons (Fsp3) is 0.833. The molecule has 0 radical (unpaired) electrons. The summed E-state index contributed by atoms with van der Waals surface area (Å²) in [5.41, 5.74) is 0. The van der Waals surface area contributed by atoms with E-state index in [1.165, 1.54) is 32.3 Å². The molecule has 1 aliphatic heterocycles. The van der Waals surface area contributed by atoms with Crippen LogP contribution in [0, 0.1) is 5.92 Å². The zero-order valence-corrected chi connectivity index (χ0v) is 10.7. The molecule has 1 saturated heterocycles. The summed E-state index contributed by atoms with van der Waals surface area (Å²) in [6.07, 6.45) is 4.82. The fourth-order valence-corrected chi connectivity index (χ4v) is 2.41. The number of piperidine rings is 1. The van der Waals surface area contributed by atoms with Crippen LogP contribution < -0.4 is 5.32 Å².